The topological polar surface area (TPSA) is 17.0 Å². The number of hydrogen-bond acceptors (Lipinski definition) is 1. The van der Waals surface area contributed by atoms with Crippen LogP contribution in [0.4, 0.5) is 0 Å². The van der Waals surface area contributed by atoms with E-state index >= 15 is 0 Å². The minimum atomic E-state index is 0.311. The van der Waals surface area contributed by atoms with E-state index < -0.39 is 0 Å². The molecule has 2 aromatic rings. The third-order valence-corrected chi connectivity index (χ3v) is 2.69. The van der Waals surface area contributed by atoms with E-state index in [-0.39, 0.29) is 0 Å². The number of rotatable bonds is 3. The first-order valence-corrected chi connectivity index (χ1v) is 5.63. The molecule has 1 atom stereocenters. The largest absolute Gasteiger partial charge is 0.319 e. The molecule has 0 radical (unpaired) electrons. The molecule has 0 saturated heterocycles. The van der Waals surface area contributed by atoms with Crippen molar-refractivity contribution in [1.82, 2.24) is 4.68 Å². The number of nitrogens with zero attached hydrogens (tertiary/aromatic N) is 1. The second kappa shape index (κ2) is 4.44. The van der Waals surface area contributed by atoms with Crippen LogP contribution >= 0.6 is 0 Å². The van der Waals surface area contributed by atoms with E-state index in [1.54, 1.807) is 0 Å². The Bertz CT molecular complexity index is 437. The van der Waals surface area contributed by atoms with Gasteiger partial charge in [0.1, 0.15) is 0 Å². The molecule has 0 bridgehead atoms. The normalized spacial score (nSPS) is 12.4. The molecule has 2 nitrogen and oxygen atoms in total. The Kier molecular flexibility index (Phi) is 3.00. The van der Waals surface area contributed by atoms with E-state index in [2.05, 4.69) is 44.4 Å². The fourth-order valence-electron chi connectivity index (χ4n) is 1.98. The van der Waals surface area contributed by atoms with Crippen LogP contribution in [0.15, 0.2) is 42.7 Å². The molecule has 16 heavy (non-hydrogen) atoms. The van der Waals surface area contributed by atoms with Gasteiger partial charge in [-0.25, -0.2) is 0 Å². The molecule has 1 unspecified atom stereocenters. The quantitative estimate of drug-likeness (QED) is 0.828. The van der Waals surface area contributed by atoms with Gasteiger partial charge in [0, 0.05) is 12.4 Å². The van der Waals surface area contributed by atoms with E-state index in [0.717, 1.165) is 0 Å². The van der Waals surface area contributed by atoms with Crippen LogP contribution in [0.1, 0.15) is 29.7 Å². The zero-order valence-electron chi connectivity index (χ0n) is 10.1. The molecule has 2 rings (SSSR count). The molecule has 1 aromatic carbocycles. The standard InChI is InChI=1S/C14H18N2/c1-11-8-12(2)10-14(9-11)13(3)15-16-6-4-5-7-16/h4-10,13,15H,1-3H3. The zero-order valence-corrected chi connectivity index (χ0v) is 10.1. The van der Waals surface area contributed by atoms with Crippen LogP contribution < -0.4 is 5.43 Å². The van der Waals surface area contributed by atoms with Gasteiger partial charge in [-0.1, -0.05) is 29.3 Å². The average molecular weight is 214 g/mol. The molecule has 0 amide bonds. The molecule has 2 heteroatoms. The summed E-state index contributed by atoms with van der Waals surface area (Å²) in [4.78, 5) is 0. The first-order valence-electron chi connectivity index (χ1n) is 5.63. The highest BCUT2D eigenvalue weighted by atomic mass is 15.4. The van der Waals surface area contributed by atoms with Crippen molar-refractivity contribution in [3.8, 4) is 0 Å². The number of aromatic nitrogens is 1. The van der Waals surface area contributed by atoms with E-state index in [0.29, 0.717) is 6.04 Å². The Morgan fingerprint density at radius 2 is 1.56 bits per heavy atom. The Morgan fingerprint density at radius 1 is 1.00 bits per heavy atom. The number of hydrogen-bond donors (Lipinski definition) is 1. The number of aryl methyl sites for hydroxylation is 2. The van der Waals surface area contributed by atoms with Crippen LogP contribution in [0, 0.1) is 13.8 Å². The van der Waals surface area contributed by atoms with Gasteiger partial charge in [0.2, 0.25) is 0 Å². The lowest BCUT2D eigenvalue weighted by molar-refractivity contribution is 0.727. The second-order valence-electron chi connectivity index (χ2n) is 4.36. The first kappa shape index (κ1) is 10.8. The minimum Gasteiger partial charge on any atom is -0.319 e. The molecule has 84 valence electrons. The summed E-state index contributed by atoms with van der Waals surface area (Å²) in [6.45, 7) is 6.45. The predicted octanol–water partition coefficient (Wildman–Crippen LogP) is 3.41. The Morgan fingerprint density at radius 3 is 2.12 bits per heavy atom. The number of nitrogens with one attached hydrogen (secondary N) is 1. The summed E-state index contributed by atoms with van der Waals surface area (Å²) < 4.78 is 1.99. The molecule has 1 heterocycles. The highest BCUT2D eigenvalue weighted by Crippen LogP contribution is 2.17. The van der Waals surface area contributed by atoms with E-state index in [1.807, 2.05) is 29.2 Å². The van der Waals surface area contributed by atoms with Crippen LogP contribution in [0.25, 0.3) is 0 Å². The molecule has 0 fully saturated rings. The second-order valence-corrected chi connectivity index (χ2v) is 4.36. The highest BCUT2D eigenvalue weighted by molar-refractivity contribution is 5.31. The van der Waals surface area contributed by atoms with Gasteiger partial charge in [-0.3, -0.25) is 4.68 Å². The number of benzene rings is 1. The van der Waals surface area contributed by atoms with Gasteiger partial charge in [0.15, 0.2) is 0 Å². The maximum atomic E-state index is 3.41. The van der Waals surface area contributed by atoms with Crippen LogP contribution in [0.3, 0.4) is 0 Å². The highest BCUT2D eigenvalue weighted by Gasteiger charge is 2.05. The van der Waals surface area contributed by atoms with Gasteiger partial charge >= 0.3 is 0 Å². The van der Waals surface area contributed by atoms with Crippen molar-refractivity contribution in [3.05, 3.63) is 59.4 Å². The molecule has 0 spiro atoms. The summed E-state index contributed by atoms with van der Waals surface area (Å²) in [6.07, 6.45) is 4.03. The van der Waals surface area contributed by atoms with E-state index in [9.17, 15) is 0 Å². The van der Waals surface area contributed by atoms with Crippen molar-refractivity contribution in [2.75, 3.05) is 5.43 Å². The van der Waals surface area contributed by atoms with Crippen LogP contribution in [0.2, 0.25) is 0 Å². The Labute approximate surface area is 96.9 Å². The molecule has 1 aromatic heterocycles. The van der Waals surface area contributed by atoms with Crippen LogP contribution in [0.5, 0.6) is 0 Å². The van der Waals surface area contributed by atoms with Gasteiger partial charge in [0.05, 0.1) is 6.04 Å². The van der Waals surface area contributed by atoms with Gasteiger partial charge in [0.25, 0.3) is 0 Å². The van der Waals surface area contributed by atoms with Crippen molar-refractivity contribution in [2.45, 2.75) is 26.8 Å². The zero-order chi connectivity index (χ0) is 11.5. The SMILES string of the molecule is Cc1cc(C)cc(C(C)Nn2cccc2)c1. The van der Waals surface area contributed by atoms with Crippen molar-refractivity contribution in [3.63, 3.8) is 0 Å². The molecular weight excluding hydrogens is 196 g/mol. The van der Waals surface area contributed by atoms with Gasteiger partial charge in [-0.2, -0.15) is 0 Å². The lowest BCUT2D eigenvalue weighted by atomic mass is 10.0. The third kappa shape index (κ3) is 2.45. The maximum Gasteiger partial charge on any atom is 0.0645 e. The first-order chi connectivity index (χ1) is 7.65. The molecule has 0 aliphatic carbocycles. The molecule has 0 aliphatic heterocycles. The summed E-state index contributed by atoms with van der Waals surface area (Å²) in [5, 5.41) is 0. The summed E-state index contributed by atoms with van der Waals surface area (Å²) in [7, 11) is 0. The van der Waals surface area contributed by atoms with Crippen molar-refractivity contribution >= 4 is 0 Å². The monoisotopic (exact) mass is 214 g/mol. The smallest absolute Gasteiger partial charge is 0.0645 e. The van der Waals surface area contributed by atoms with Crippen LogP contribution in [-0.4, -0.2) is 4.68 Å². The third-order valence-electron chi connectivity index (χ3n) is 2.69. The predicted molar refractivity (Wildman–Crippen MR) is 68.1 cm³/mol. The summed E-state index contributed by atoms with van der Waals surface area (Å²) in [6, 6.07) is 11.0. The molecular formula is C14H18N2. The van der Waals surface area contributed by atoms with Crippen LogP contribution in [-0.2, 0) is 0 Å². The maximum absolute atomic E-state index is 3.41. The molecule has 0 aliphatic rings. The van der Waals surface area contributed by atoms with Gasteiger partial charge < -0.3 is 5.43 Å². The summed E-state index contributed by atoms with van der Waals surface area (Å²) >= 11 is 0. The lowest BCUT2D eigenvalue weighted by Crippen LogP contribution is -2.17. The molecule has 1 N–H and O–H groups in total. The average Bonchev–Trinajstić information content (AvgIpc) is 2.68. The summed E-state index contributed by atoms with van der Waals surface area (Å²) in [5.74, 6) is 0. The fraction of sp³-hybridized carbons (Fsp3) is 0.286. The minimum absolute atomic E-state index is 0.311. The van der Waals surface area contributed by atoms with Crippen molar-refractivity contribution in [2.24, 2.45) is 0 Å². The van der Waals surface area contributed by atoms with E-state index in [1.165, 1.54) is 16.7 Å². The Hall–Kier alpha value is -1.70. The van der Waals surface area contributed by atoms with E-state index in [4.69, 9.17) is 0 Å². The fourth-order valence-corrected chi connectivity index (χ4v) is 1.98. The Balaban J connectivity index is 2.17. The lowest BCUT2D eigenvalue weighted by Gasteiger charge is -2.17. The van der Waals surface area contributed by atoms with Gasteiger partial charge in [-0.15, -0.1) is 0 Å². The van der Waals surface area contributed by atoms with Crippen molar-refractivity contribution in [1.29, 1.82) is 0 Å². The van der Waals surface area contributed by atoms with Gasteiger partial charge in [-0.05, 0) is 38.5 Å². The molecule has 0 saturated carbocycles. The summed E-state index contributed by atoms with van der Waals surface area (Å²) in [5.41, 5.74) is 7.37. The van der Waals surface area contributed by atoms with Crippen molar-refractivity contribution < 1.29 is 0 Å².